The van der Waals surface area contributed by atoms with Gasteiger partial charge in [0.2, 0.25) is 0 Å². The molecule has 5 heteroatoms. The van der Waals surface area contributed by atoms with Gasteiger partial charge in [0.25, 0.3) is 0 Å². The number of nitrogens with one attached hydrogen (secondary N) is 1. The third kappa shape index (κ3) is 4.40. The average molecular weight is 237 g/mol. The van der Waals surface area contributed by atoms with Gasteiger partial charge in [0, 0.05) is 18.8 Å². The van der Waals surface area contributed by atoms with Crippen LogP contribution in [0, 0.1) is 0 Å². The molecule has 1 rings (SSSR count). The minimum Gasteiger partial charge on any atom is -0.465 e. The molecule has 0 saturated heterocycles. The van der Waals surface area contributed by atoms with Gasteiger partial charge in [-0.1, -0.05) is 0 Å². The molecule has 0 spiro atoms. The Hall–Kier alpha value is -1.62. The normalized spacial score (nSPS) is 12.3. The van der Waals surface area contributed by atoms with E-state index >= 15 is 0 Å². The second-order valence-corrected chi connectivity index (χ2v) is 4.23. The van der Waals surface area contributed by atoms with Gasteiger partial charge in [0.05, 0.1) is 12.7 Å². The van der Waals surface area contributed by atoms with Crippen LogP contribution in [0.25, 0.3) is 0 Å². The van der Waals surface area contributed by atoms with Crippen molar-refractivity contribution in [3.8, 4) is 0 Å². The largest absolute Gasteiger partial charge is 0.465 e. The molecule has 0 aliphatic carbocycles. The van der Waals surface area contributed by atoms with E-state index in [0.717, 1.165) is 6.54 Å². The number of pyridine rings is 1. The second kappa shape index (κ2) is 6.20. The third-order valence-corrected chi connectivity index (χ3v) is 2.21. The Kier molecular flexibility index (Phi) is 4.90. The van der Waals surface area contributed by atoms with Gasteiger partial charge >= 0.3 is 5.97 Å². The Morgan fingerprint density at radius 2 is 2.29 bits per heavy atom. The fraction of sp³-hybridized carbons (Fsp3) is 0.500. The highest BCUT2D eigenvalue weighted by atomic mass is 16.5. The fourth-order valence-corrected chi connectivity index (χ4v) is 1.60. The predicted molar refractivity (Wildman–Crippen MR) is 67.2 cm³/mol. The summed E-state index contributed by atoms with van der Waals surface area (Å²) in [6.07, 6.45) is 1.59. The smallest absolute Gasteiger partial charge is 0.338 e. The lowest BCUT2D eigenvalue weighted by Crippen LogP contribution is -2.30. The standard InChI is InChI=1S/C12H19N3O2/c1-9(8-15(2)3)14-11-7-10(5-6-13-11)12(16)17-4/h5-7,9H,8H2,1-4H3,(H,13,14). The monoisotopic (exact) mass is 237 g/mol. The van der Waals surface area contributed by atoms with Gasteiger partial charge in [-0.3, -0.25) is 0 Å². The first-order valence-corrected chi connectivity index (χ1v) is 5.48. The van der Waals surface area contributed by atoms with Crippen LogP contribution in [-0.2, 0) is 4.74 Å². The molecule has 1 unspecified atom stereocenters. The number of ether oxygens (including phenoxy) is 1. The Balaban J connectivity index is 2.68. The molecule has 94 valence electrons. The van der Waals surface area contributed by atoms with Gasteiger partial charge in [-0.2, -0.15) is 0 Å². The van der Waals surface area contributed by atoms with Gasteiger partial charge in [0.1, 0.15) is 5.82 Å². The van der Waals surface area contributed by atoms with Crippen LogP contribution in [0.1, 0.15) is 17.3 Å². The van der Waals surface area contributed by atoms with Crippen molar-refractivity contribution in [1.82, 2.24) is 9.88 Å². The first-order chi connectivity index (χ1) is 8.02. The van der Waals surface area contributed by atoms with E-state index < -0.39 is 0 Å². The highest BCUT2D eigenvalue weighted by Crippen LogP contribution is 2.09. The average Bonchev–Trinajstić information content (AvgIpc) is 2.27. The molecule has 1 aromatic rings. The molecular weight excluding hydrogens is 218 g/mol. The SMILES string of the molecule is COC(=O)c1ccnc(NC(C)CN(C)C)c1. The summed E-state index contributed by atoms with van der Waals surface area (Å²) in [5, 5.41) is 3.23. The second-order valence-electron chi connectivity index (χ2n) is 4.23. The Morgan fingerprint density at radius 3 is 2.88 bits per heavy atom. The Labute approximate surface area is 102 Å². The van der Waals surface area contributed by atoms with E-state index in [4.69, 9.17) is 0 Å². The van der Waals surface area contributed by atoms with Crippen LogP contribution in [0.2, 0.25) is 0 Å². The molecule has 0 aliphatic heterocycles. The highest BCUT2D eigenvalue weighted by Gasteiger charge is 2.08. The van der Waals surface area contributed by atoms with E-state index in [1.54, 1.807) is 18.3 Å². The predicted octanol–water partition coefficient (Wildman–Crippen LogP) is 1.23. The lowest BCUT2D eigenvalue weighted by molar-refractivity contribution is 0.0600. The van der Waals surface area contributed by atoms with Crippen LogP contribution in [-0.4, -0.2) is 49.6 Å². The lowest BCUT2D eigenvalue weighted by Gasteiger charge is -2.18. The Morgan fingerprint density at radius 1 is 1.59 bits per heavy atom. The maximum Gasteiger partial charge on any atom is 0.338 e. The molecule has 0 fully saturated rings. The number of methoxy groups -OCH3 is 1. The quantitative estimate of drug-likeness (QED) is 0.781. The van der Waals surface area contributed by atoms with Crippen molar-refractivity contribution in [3.05, 3.63) is 23.9 Å². The first-order valence-electron chi connectivity index (χ1n) is 5.48. The minimum atomic E-state index is -0.351. The van der Waals surface area contributed by atoms with Crippen molar-refractivity contribution >= 4 is 11.8 Å². The summed E-state index contributed by atoms with van der Waals surface area (Å²) < 4.78 is 4.66. The molecule has 1 N–H and O–H groups in total. The van der Waals surface area contributed by atoms with E-state index in [2.05, 4.69) is 26.9 Å². The minimum absolute atomic E-state index is 0.255. The van der Waals surface area contributed by atoms with Crippen LogP contribution >= 0.6 is 0 Å². The number of carbonyl (C=O) groups excluding carboxylic acids is 1. The highest BCUT2D eigenvalue weighted by molar-refractivity contribution is 5.89. The van der Waals surface area contributed by atoms with Gasteiger partial charge in [-0.05, 0) is 33.2 Å². The van der Waals surface area contributed by atoms with Crippen LogP contribution in [0.3, 0.4) is 0 Å². The van der Waals surface area contributed by atoms with Gasteiger partial charge in [-0.15, -0.1) is 0 Å². The number of hydrogen-bond acceptors (Lipinski definition) is 5. The number of carbonyl (C=O) groups is 1. The van der Waals surface area contributed by atoms with Crippen LogP contribution in [0.4, 0.5) is 5.82 Å². The van der Waals surface area contributed by atoms with E-state index in [1.165, 1.54) is 7.11 Å². The summed E-state index contributed by atoms with van der Waals surface area (Å²) in [5.74, 6) is 0.331. The molecule has 0 aromatic carbocycles. The number of esters is 1. The number of aromatic nitrogens is 1. The summed E-state index contributed by atoms with van der Waals surface area (Å²) >= 11 is 0. The molecule has 1 aromatic heterocycles. The fourth-order valence-electron chi connectivity index (χ4n) is 1.60. The lowest BCUT2D eigenvalue weighted by atomic mass is 10.2. The van der Waals surface area contributed by atoms with Gasteiger partial charge in [-0.25, -0.2) is 9.78 Å². The summed E-state index contributed by atoms with van der Waals surface area (Å²) in [4.78, 5) is 17.6. The zero-order valence-electron chi connectivity index (χ0n) is 10.7. The number of nitrogens with zero attached hydrogens (tertiary/aromatic N) is 2. The third-order valence-electron chi connectivity index (χ3n) is 2.21. The summed E-state index contributed by atoms with van der Waals surface area (Å²) in [5.41, 5.74) is 0.502. The van der Waals surface area contributed by atoms with Crippen molar-refractivity contribution in [1.29, 1.82) is 0 Å². The number of rotatable bonds is 5. The van der Waals surface area contributed by atoms with E-state index in [9.17, 15) is 4.79 Å². The number of anilines is 1. The molecule has 0 bridgehead atoms. The Bertz CT molecular complexity index is 380. The van der Waals surface area contributed by atoms with Crippen molar-refractivity contribution in [3.63, 3.8) is 0 Å². The van der Waals surface area contributed by atoms with Gasteiger partial charge in [0.15, 0.2) is 0 Å². The van der Waals surface area contributed by atoms with Crippen molar-refractivity contribution in [2.45, 2.75) is 13.0 Å². The molecular formula is C12H19N3O2. The maximum absolute atomic E-state index is 11.3. The molecule has 0 radical (unpaired) electrons. The summed E-state index contributed by atoms with van der Waals surface area (Å²) in [7, 11) is 5.39. The number of hydrogen-bond donors (Lipinski definition) is 1. The molecule has 5 nitrogen and oxygen atoms in total. The maximum atomic E-state index is 11.3. The van der Waals surface area contributed by atoms with Crippen LogP contribution in [0.15, 0.2) is 18.3 Å². The van der Waals surface area contributed by atoms with E-state index in [0.29, 0.717) is 11.4 Å². The van der Waals surface area contributed by atoms with Crippen LogP contribution in [0.5, 0.6) is 0 Å². The van der Waals surface area contributed by atoms with E-state index in [-0.39, 0.29) is 12.0 Å². The van der Waals surface area contributed by atoms with Crippen molar-refractivity contribution in [2.24, 2.45) is 0 Å². The van der Waals surface area contributed by atoms with Crippen molar-refractivity contribution in [2.75, 3.05) is 33.1 Å². The van der Waals surface area contributed by atoms with Gasteiger partial charge < -0.3 is 15.0 Å². The molecule has 1 heterocycles. The summed E-state index contributed by atoms with van der Waals surface area (Å²) in [6, 6.07) is 3.58. The van der Waals surface area contributed by atoms with Crippen molar-refractivity contribution < 1.29 is 9.53 Å². The molecule has 0 saturated carbocycles. The molecule has 0 amide bonds. The molecule has 0 aliphatic rings. The zero-order chi connectivity index (χ0) is 12.8. The molecule has 1 atom stereocenters. The topological polar surface area (TPSA) is 54.5 Å². The first kappa shape index (κ1) is 13.4. The number of likely N-dealkylation sites (N-methyl/N-ethyl adjacent to an activating group) is 1. The summed E-state index contributed by atoms with van der Waals surface area (Å²) in [6.45, 7) is 2.95. The van der Waals surface area contributed by atoms with E-state index in [1.807, 2.05) is 14.1 Å². The van der Waals surface area contributed by atoms with Crippen LogP contribution < -0.4 is 5.32 Å². The zero-order valence-corrected chi connectivity index (χ0v) is 10.7. The molecule has 17 heavy (non-hydrogen) atoms.